The van der Waals surface area contributed by atoms with Crippen LogP contribution in [0, 0.1) is 0 Å². The normalized spacial score (nSPS) is 34.6. The molecule has 2 nitrogen and oxygen atoms in total. The largest absolute Gasteiger partial charge is 0.482 e. The van der Waals surface area contributed by atoms with Gasteiger partial charge in [0.2, 0.25) is 0 Å². The minimum atomic E-state index is -0.435. The molecule has 2 aliphatic carbocycles. The van der Waals surface area contributed by atoms with Crippen molar-refractivity contribution in [1.29, 1.82) is 0 Å². The Morgan fingerprint density at radius 1 is 1.36 bits per heavy atom. The van der Waals surface area contributed by atoms with Gasteiger partial charge < -0.3 is 4.74 Å². The molecule has 114 valence electrons. The number of likely N-dealkylation sites (tertiary alicyclic amines) is 1. The minimum Gasteiger partial charge on any atom is -0.482 e. The Bertz CT molecular complexity index is 722. The van der Waals surface area contributed by atoms with Gasteiger partial charge in [0.15, 0.2) is 6.10 Å². The maximum absolute atomic E-state index is 14.5. The van der Waals surface area contributed by atoms with Crippen molar-refractivity contribution in [1.82, 2.24) is 4.90 Å². The van der Waals surface area contributed by atoms with Gasteiger partial charge in [-0.3, -0.25) is 4.90 Å². The van der Waals surface area contributed by atoms with Gasteiger partial charge in [-0.2, -0.15) is 0 Å². The first-order chi connectivity index (χ1) is 10.8. The van der Waals surface area contributed by atoms with Gasteiger partial charge in [0, 0.05) is 18.2 Å². The van der Waals surface area contributed by atoms with E-state index in [1.165, 1.54) is 16.7 Å². The smallest absolute Gasteiger partial charge is 0.163 e. The van der Waals surface area contributed by atoms with Crippen molar-refractivity contribution in [3.05, 3.63) is 52.9 Å². The molecule has 0 radical (unpaired) electrons. The number of halogens is 1. The second-order valence-electron chi connectivity index (χ2n) is 6.94. The lowest BCUT2D eigenvalue weighted by atomic mass is 9.57. The molecule has 4 aliphatic rings. The van der Waals surface area contributed by atoms with Crippen molar-refractivity contribution >= 4 is 0 Å². The van der Waals surface area contributed by atoms with Gasteiger partial charge in [0.25, 0.3) is 0 Å². The Balaban J connectivity index is 1.77. The third-order valence-corrected chi connectivity index (χ3v) is 5.96. The molecular weight excluding hydrogens is 277 g/mol. The summed E-state index contributed by atoms with van der Waals surface area (Å²) in [7, 11) is 0. The molecule has 2 aliphatic heterocycles. The van der Waals surface area contributed by atoms with E-state index in [1.54, 1.807) is 6.08 Å². The number of benzene rings is 1. The molecule has 0 saturated carbocycles. The standard InChI is InChI=1S/C19H20FNO/c1-2-9-21-10-8-19-13-6-7-14(20)18(19)22-16-5-3-4-12(17(16)19)11-15(13)21/h3-7,15,18H,2,8-11H2,1H3/t15-,18+,19+/m1/s1. The monoisotopic (exact) mass is 297 g/mol. The third kappa shape index (κ3) is 1.34. The number of allylic oxidation sites excluding steroid dienone is 2. The van der Waals surface area contributed by atoms with Crippen molar-refractivity contribution in [3.63, 3.8) is 0 Å². The van der Waals surface area contributed by atoms with Gasteiger partial charge in [-0.25, -0.2) is 4.39 Å². The van der Waals surface area contributed by atoms with Crippen LogP contribution in [0.15, 0.2) is 41.8 Å². The predicted octanol–water partition coefficient (Wildman–Crippen LogP) is 3.52. The molecule has 1 spiro atoms. The number of piperidine rings is 1. The number of ether oxygens (including phenoxy) is 1. The van der Waals surface area contributed by atoms with Crippen LogP contribution in [-0.2, 0) is 11.8 Å². The fourth-order valence-electron chi connectivity index (χ4n) is 5.19. The van der Waals surface area contributed by atoms with E-state index in [0.717, 1.165) is 38.1 Å². The quantitative estimate of drug-likeness (QED) is 0.828. The highest BCUT2D eigenvalue weighted by Crippen LogP contribution is 2.60. The average Bonchev–Trinajstić information content (AvgIpc) is 2.86. The molecule has 2 bridgehead atoms. The van der Waals surface area contributed by atoms with Gasteiger partial charge in [0.1, 0.15) is 11.6 Å². The lowest BCUT2D eigenvalue weighted by Gasteiger charge is -2.53. The minimum absolute atomic E-state index is 0.115. The Hall–Kier alpha value is -1.61. The molecule has 1 saturated heterocycles. The Kier molecular flexibility index (Phi) is 2.48. The van der Waals surface area contributed by atoms with Gasteiger partial charge in [-0.05, 0) is 49.1 Å². The molecule has 0 unspecified atom stereocenters. The fraction of sp³-hybridized carbons (Fsp3) is 0.474. The van der Waals surface area contributed by atoms with Gasteiger partial charge in [0.05, 0.1) is 5.41 Å². The Morgan fingerprint density at radius 3 is 3.14 bits per heavy atom. The first kappa shape index (κ1) is 12.9. The molecule has 22 heavy (non-hydrogen) atoms. The number of hydrogen-bond donors (Lipinski definition) is 0. The summed E-state index contributed by atoms with van der Waals surface area (Å²) in [6, 6.07) is 6.68. The Morgan fingerprint density at radius 2 is 2.27 bits per heavy atom. The summed E-state index contributed by atoms with van der Waals surface area (Å²) in [5.41, 5.74) is 3.79. The zero-order chi connectivity index (χ0) is 14.9. The summed E-state index contributed by atoms with van der Waals surface area (Å²) in [6.07, 6.45) is 6.40. The summed E-state index contributed by atoms with van der Waals surface area (Å²) in [5.74, 6) is 0.789. The van der Waals surface area contributed by atoms with Gasteiger partial charge in [-0.1, -0.05) is 25.1 Å². The number of nitrogens with zero attached hydrogens (tertiary/aromatic N) is 1. The zero-order valence-electron chi connectivity index (χ0n) is 12.8. The van der Waals surface area contributed by atoms with Crippen LogP contribution in [0.1, 0.15) is 30.9 Å². The average molecular weight is 297 g/mol. The van der Waals surface area contributed by atoms with Crippen molar-refractivity contribution in [2.75, 3.05) is 13.1 Å². The summed E-state index contributed by atoms with van der Waals surface area (Å²) in [6.45, 7) is 4.39. The maximum atomic E-state index is 14.5. The molecule has 0 N–H and O–H groups in total. The van der Waals surface area contributed by atoms with Crippen LogP contribution in [-0.4, -0.2) is 30.1 Å². The second kappa shape index (κ2) is 4.23. The van der Waals surface area contributed by atoms with E-state index >= 15 is 0 Å². The van der Waals surface area contributed by atoms with Crippen molar-refractivity contribution < 1.29 is 9.13 Å². The first-order valence-electron chi connectivity index (χ1n) is 8.36. The highest BCUT2D eigenvalue weighted by atomic mass is 19.1. The van der Waals surface area contributed by atoms with Crippen molar-refractivity contribution in [2.24, 2.45) is 0 Å². The summed E-state index contributed by atoms with van der Waals surface area (Å²) >= 11 is 0. The molecular formula is C19H20FNO. The predicted molar refractivity (Wildman–Crippen MR) is 83.8 cm³/mol. The van der Waals surface area contributed by atoms with Crippen LogP contribution in [0.5, 0.6) is 5.75 Å². The molecule has 3 heteroatoms. The molecule has 0 amide bonds. The highest BCUT2D eigenvalue weighted by molar-refractivity contribution is 5.63. The molecule has 3 atom stereocenters. The fourth-order valence-corrected chi connectivity index (χ4v) is 5.19. The van der Waals surface area contributed by atoms with E-state index in [2.05, 4.69) is 24.0 Å². The molecule has 0 aromatic heterocycles. The van der Waals surface area contributed by atoms with E-state index in [4.69, 9.17) is 4.74 Å². The first-order valence-corrected chi connectivity index (χ1v) is 8.36. The molecule has 1 fully saturated rings. The molecule has 5 rings (SSSR count). The SMILES string of the molecule is CCCN1CC[C@@]23C4=CC=C(F)[C@@H]2Oc2cccc(c23)C[C@H]41. The molecule has 1 aromatic rings. The summed E-state index contributed by atoms with van der Waals surface area (Å²) in [4.78, 5) is 2.58. The topological polar surface area (TPSA) is 12.5 Å². The van der Waals surface area contributed by atoms with Crippen molar-refractivity contribution in [2.45, 2.75) is 43.7 Å². The van der Waals surface area contributed by atoms with E-state index in [9.17, 15) is 4.39 Å². The van der Waals surface area contributed by atoms with Crippen LogP contribution in [0.2, 0.25) is 0 Å². The molecule has 2 heterocycles. The third-order valence-electron chi connectivity index (χ3n) is 5.96. The lowest BCUT2D eigenvalue weighted by Crippen LogP contribution is -2.59. The number of rotatable bonds is 2. The summed E-state index contributed by atoms with van der Waals surface area (Å²) < 4.78 is 20.6. The maximum Gasteiger partial charge on any atom is 0.163 e. The van der Waals surface area contributed by atoms with Crippen LogP contribution < -0.4 is 4.74 Å². The molecule has 1 aromatic carbocycles. The van der Waals surface area contributed by atoms with E-state index in [0.29, 0.717) is 6.04 Å². The van der Waals surface area contributed by atoms with Crippen LogP contribution in [0.3, 0.4) is 0 Å². The van der Waals surface area contributed by atoms with Gasteiger partial charge in [-0.15, -0.1) is 0 Å². The van der Waals surface area contributed by atoms with E-state index in [1.807, 2.05) is 12.1 Å². The zero-order valence-corrected chi connectivity index (χ0v) is 12.8. The second-order valence-corrected chi connectivity index (χ2v) is 6.94. The van der Waals surface area contributed by atoms with Crippen molar-refractivity contribution in [3.8, 4) is 5.75 Å². The Labute approximate surface area is 130 Å². The van der Waals surface area contributed by atoms with Crippen LogP contribution in [0.25, 0.3) is 0 Å². The van der Waals surface area contributed by atoms with Crippen LogP contribution >= 0.6 is 0 Å². The van der Waals surface area contributed by atoms with Crippen LogP contribution in [0.4, 0.5) is 4.39 Å². The number of hydrogen-bond acceptors (Lipinski definition) is 2. The van der Waals surface area contributed by atoms with E-state index < -0.39 is 6.10 Å². The lowest BCUT2D eigenvalue weighted by molar-refractivity contribution is 0.0851. The highest BCUT2D eigenvalue weighted by Gasteiger charge is 2.61. The van der Waals surface area contributed by atoms with E-state index in [-0.39, 0.29) is 11.2 Å². The summed E-state index contributed by atoms with van der Waals surface area (Å²) in [5, 5.41) is 0. The van der Waals surface area contributed by atoms with Gasteiger partial charge >= 0.3 is 0 Å².